The van der Waals surface area contributed by atoms with Crippen LogP contribution in [0.25, 0.3) is 10.9 Å². The number of methoxy groups -OCH3 is 1. The van der Waals surface area contributed by atoms with E-state index in [-0.39, 0.29) is 5.56 Å². The number of pyridine rings is 1. The summed E-state index contributed by atoms with van der Waals surface area (Å²) < 4.78 is 31.7. The van der Waals surface area contributed by atoms with Gasteiger partial charge < -0.3 is 15.0 Å². The van der Waals surface area contributed by atoms with Gasteiger partial charge in [-0.05, 0) is 36.6 Å². The second kappa shape index (κ2) is 8.06. The average molecular weight is 349 g/mol. The summed E-state index contributed by atoms with van der Waals surface area (Å²) in [5.74, 6) is 0.523. The third-order valence-electron chi connectivity index (χ3n) is 4.75. The molecule has 1 saturated heterocycles. The number of hydrogen-bond donors (Lipinski definition) is 1. The Hall–Kier alpha value is -1.79. The van der Waals surface area contributed by atoms with Gasteiger partial charge in [0.1, 0.15) is 0 Å². The first-order chi connectivity index (χ1) is 12.1. The Morgan fingerprint density at radius 1 is 1.32 bits per heavy atom. The molecule has 1 aliphatic heterocycles. The first-order valence-electron chi connectivity index (χ1n) is 8.73. The predicted molar refractivity (Wildman–Crippen MR) is 96.4 cm³/mol. The molecule has 0 radical (unpaired) electrons. The van der Waals surface area contributed by atoms with Gasteiger partial charge in [-0.2, -0.15) is 0 Å². The van der Waals surface area contributed by atoms with E-state index >= 15 is 0 Å². The fourth-order valence-corrected chi connectivity index (χ4v) is 3.69. The summed E-state index contributed by atoms with van der Waals surface area (Å²) in [5.41, 5.74) is 1.38. The topological polar surface area (TPSA) is 37.4 Å². The number of piperidine rings is 1. The third kappa shape index (κ3) is 4.07. The van der Waals surface area contributed by atoms with Crippen molar-refractivity contribution in [3.63, 3.8) is 0 Å². The van der Waals surface area contributed by atoms with E-state index in [4.69, 9.17) is 4.74 Å². The van der Waals surface area contributed by atoms with Crippen molar-refractivity contribution in [3.8, 4) is 0 Å². The van der Waals surface area contributed by atoms with Gasteiger partial charge >= 0.3 is 0 Å². The van der Waals surface area contributed by atoms with Crippen molar-refractivity contribution in [1.82, 2.24) is 10.3 Å². The second-order valence-corrected chi connectivity index (χ2v) is 6.76. The van der Waals surface area contributed by atoms with E-state index in [1.54, 1.807) is 13.3 Å². The Balaban J connectivity index is 1.89. The van der Waals surface area contributed by atoms with Gasteiger partial charge in [0.25, 0.3) is 6.43 Å². The van der Waals surface area contributed by atoms with Crippen LogP contribution < -0.4 is 10.2 Å². The van der Waals surface area contributed by atoms with Gasteiger partial charge in [0.2, 0.25) is 0 Å². The molecule has 2 heterocycles. The van der Waals surface area contributed by atoms with Gasteiger partial charge in [0.05, 0.1) is 12.1 Å². The van der Waals surface area contributed by atoms with E-state index in [1.165, 1.54) is 6.07 Å². The molecule has 0 spiro atoms. The number of rotatable bonds is 6. The number of hydrogen-bond acceptors (Lipinski definition) is 4. The van der Waals surface area contributed by atoms with E-state index in [9.17, 15) is 8.78 Å². The summed E-state index contributed by atoms with van der Waals surface area (Å²) >= 11 is 0. The number of aromatic nitrogens is 1. The van der Waals surface area contributed by atoms with Crippen LogP contribution >= 0.6 is 0 Å². The average Bonchev–Trinajstić information content (AvgIpc) is 2.60. The van der Waals surface area contributed by atoms with Crippen LogP contribution in [-0.2, 0) is 4.74 Å². The molecule has 0 unspecified atom stereocenters. The van der Waals surface area contributed by atoms with Crippen LogP contribution in [0.4, 0.5) is 14.5 Å². The SMILES string of the molecule is COCCN[C@@H]1C[C@H](C)CN(c2ccc(C(F)F)c3ncccc23)C1. The number of alkyl halides is 2. The molecular weight excluding hydrogens is 324 g/mol. The monoisotopic (exact) mass is 349 g/mol. The van der Waals surface area contributed by atoms with Crippen molar-refractivity contribution < 1.29 is 13.5 Å². The molecule has 25 heavy (non-hydrogen) atoms. The Kier molecular flexibility index (Phi) is 5.81. The number of halogens is 2. The minimum Gasteiger partial charge on any atom is -0.383 e. The first-order valence-corrected chi connectivity index (χ1v) is 8.73. The largest absolute Gasteiger partial charge is 0.383 e. The van der Waals surface area contributed by atoms with E-state index in [1.807, 2.05) is 18.2 Å². The molecule has 0 aliphatic carbocycles. The van der Waals surface area contributed by atoms with Crippen LogP contribution in [0, 0.1) is 5.92 Å². The molecule has 1 fully saturated rings. The van der Waals surface area contributed by atoms with Crippen molar-refractivity contribution in [1.29, 1.82) is 0 Å². The van der Waals surface area contributed by atoms with Gasteiger partial charge in [-0.25, -0.2) is 8.78 Å². The number of nitrogens with one attached hydrogen (secondary N) is 1. The van der Waals surface area contributed by atoms with Gasteiger partial charge in [0.15, 0.2) is 0 Å². The highest BCUT2D eigenvalue weighted by Crippen LogP contribution is 2.34. The molecule has 0 saturated carbocycles. The Bertz CT molecular complexity index is 710. The lowest BCUT2D eigenvalue weighted by Crippen LogP contribution is -2.49. The number of ether oxygens (including phenoxy) is 1. The number of nitrogens with zero attached hydrogens (tertiary/aromatic N) is 2. The lowest BCUT2D eigenvalue weighted by molar-refractivity contribution is 0.153. The van der Waals surface area contributed by atoms with Gasteiger partial charge in [-0.3, -0.25) is 4.98 Å². The Morgan fingerprint density at radius 3 is 2.92 bits per heavy atom. The fourth-order valence-electron chi connectivity index (χ4n) is 3.69. The highest BCUT2D eigenvalue weighted by Gasteiger charge is 2.26. The van der Waals surface area contributed by atoms with Crippen LogP contribution in [0.5, 0.6) is 0 Å². The van der Waals surface area contributed by atoms with Gasteiger partial charge in [-0.1, -0.05) is 6.92 Å². The minimum absolute atomic E-state index is 0.000762. The summed E-state index contributed by atoms with van der Waals surface area (Å²) in [6, 6.07) is 7.39. The molecule has 1 N–H and O–H groups in total. The zero-order chi connectivity index (χ0) is 17.8. The van der Waals surface area contributed by atoms with Crippen LogP contribution in [0.3, 0.4) is 0 Å². The van der Waals surface area contributed by atoms with Crippen molar-refractivity contribution >= 4 is 16.6 Å². The van der Waals surface area contributed by atoms with Gasteiger partial charge in [0, 0.05) is 55.6 Å². The molecule has 136 valence electrons. The maximum absolute atomic E-state index is 13.3. The molecule has 4 nitrogen and oxygen atoms in total. The number of anilines is 1. The molecule has 2 aromatic rings. The molecule has 6 heteroatoms. The molecule has 1 aromatic carbocycles. The Morgan fingerprint density at radius 2 is 2.16 bits per heavy atom. The molecular formula is C19H25F2N3O. The van der Waals surface area contributed by atoms with Gasteiger partial charge in [-0.15, -0.1) is 0 Å². The Labute approximate surface area is 147 Å². The highest BCUT2D eigenvalue weighted by atomic mass is 19.3. The van der Waals surface area contributed by atoms with Crippen LogP contribution in [0.15, 0.2) is 30.5 Å². The summed E-state index contributed by atoms with van der Waals surface area (Å²) in [5, 5.41) is 4.32. The third-order valence-corrected chi connectivity index (χ3v) is 4.75. The normalized spacial score (nSPS) is 21.2. The number of fused-ring (bicyclic) bond motifs is 1. The van der Waals surface area contributed by atoms with Crippen molar-refractivity contribution in [3.05, 3.63) is 36.0 Å². The van der Waals surface area contributed by atoms with Crippen molar-refractivity contribution in [2.75, 3.05) is 38.3 Å². The van der Waals surface area contributed by atoms with E-state index in [0.29, 0.717) is 24.1 Å². The zero-order valence-electron chi connectivity index (χ0n) is 14.7. The predicted octanol–water partition coefficient (Wildman–Crippen LogP) is 3.62. The minimum atomic E-state index is -2.52. The van der Waals surface area contributed by atoms with Crippen LogP contribution in [0.2, 0.25) is 0 Å². The highest BCUT2D eigenvalue weighted by molar-refractivity contribution is 5.94. The van der Waals surface area contributed by atoms with Crippen molar-refractivity contribution in [2.24, 2.45) is 5.92 Å². The van der Waals surface area contributed by atoms with Crippen LogP contribution in [-0.4, -0.2) is 44.4 Å². The second-order valence-electron chi connectivity index (χ2n) is 6.76. The lowest BCUT2D eigenvalue weighted by atomic mass is 9.94. The zero-order valence-corrected chi connectivity index (χ0v) is 14.7. The molecule has 0 amide bonds. The maximum Gasteiger partial charge on any atom is 0.265 e. The van der Waals surface area contributed by atoms with E-state index < -0.39 is 6.43 Å². The molecule has 1 aliphatic rings. The molecule has 0 bridgehead atoms. The standard InChI is InChI=1S/C19H25F2N3O/c1-13-10-14(22-8-9-25-2)12-24(11-13)17-6-5-16(19(20)21)18-15(17)4-3-7-23-18/h3-7,13-14,19,22H,8-12H2,1-2H3/t13-,14+/m0/s1. The molecule has 1 aromatic heterocycles. The maximum atomic E-state index is 13.3. The summed E-state index contributed by atoms with van der Waals surface area (Å²) in [7, 11) is 1.70. The van der Waals surface area contributed by atoms with E-state index in [2.05, 4.69) is 22.1 Å². The molecule has 3 rings (SSSR count). The molecule has 2 atom stereocenters. The quantitative estimate of drug-likeness (QED) is 0.808. The van der Waals surface area contributed by atoms with Crippen LogP contribution in [0.1, 0.15) is 25.3 Å². The fraction of sp³-hybridized carbons (Fsp3) is 0.526. The lowest BCUT2D eigenvalue weighted by Gasteiger charge is -2.39. The summed E-state index contributed by atoms with van der Waals surface area (Å²) in [4.78, 5) is 6.51. The van der Waals surface area contributed by atoms with E-state index in [0.717, 1.165) is 37.1 Å². The smallest absolute Gasteiger partial charge is 0.265 e. The number of benzene rings is 1. The van der Waals surface area contributed by atoms with Crippen molar-refractivity contribution in [2.45, 2.75) is 25.8 Å². The summed E-state index contributed by atoms with van der Waals surface area (Å²) in [6.45, 7) is 5.49. The first kappa shape index (κ1) is 18.0. The summed E-state index contributed by atoms with van der Waals surface area (Å²) in [6.07, 6.45) is 0.160.